The standard InChI is InChI=1S/H14O3Si6/c4-1-6-2-7-3-8-9-5/h6-9H2,4-5H3. The highest BCUT2D eigenvalue weighted by Crippen LogP contribution is 1.67. The molecule has 0 aromatic carbocycles. The van der Waals surface area contributed by atoms with Crippen LogP contribution in [-0.4, -0.2) is 58.1 Å². The predicted octanol–water partition coefficient (Wildman–Crippen LogP) is -6.24. The fourth-order valence-corrected chi connectivity index (χ4v) is 17.4. The minimum atomic E-state index is -0.559. The van der Waals surface area contributed by atoms with E-state index in [1.54, 1.807) is 0 Å². The lowest BCUT2D eigenvalue weighted by Gasteiger charge is -2.01. The first kappa shape index (κ1) is 10.2. The zero-order valence-electron chi connectivity index (χ0n) is 6.05. The second-order valence-corrected chi connectivity index (χ2v) is 22.3. The summed E-state index contributed by atoms with van der Waals surface area (Å²) >= 11 is 0. The van der Waals surface area contributed by atoms with E-state index in [0.717, 1.165) is 10.5 Å². The summed E-state index contributed by atoms with van der Waals surface area (Å²) in [6, 6.07) is 0. The molecule has 0 spiro atoms. The lowest BCUT2D eigenvalue weighted by Crippen LogP contribution is -2.16. The molecule has 56 valence electrons. The first-order chi connectivity index (χ1) is 4.41. The lowest BCUT2D eigenvalue weighted by molar-refractivity contribution is 0.442. The van der Waals surface area contributed by atoms with E-state index >= 15 is 0 Å². The van der Waals surface area contributed by atoms with Gasteiger partial charge in [-0.15, -0.1) is 0 Å². The third kappa shape index (κ3) is 9.18. The van der Waals surface area contributed by atoms with Gasteiger partial charge in [-0.25, -0.2) is 0 Å². The second-order valence-electron chi connectivity index (χ2n) is 1.64. The van der Waals surface area contributed by atoms with Crippen molar-refractivity contribution in [1.82, 2.24) is 0 Å². The van der Waals surface area contributed by atoms with Crippen molar-refractivity contribution in [3.63, 3.8) is 0 Å². The molecule has 0 bridgehead atoms. The van der Waals surface area contributed by atoms with Crippen molar-refractivity contribution >= 4 is 58.1 Å². The molecule has 0 saturated carbocycles. The zero-order valence-corrected chi connectivity index (χ0v) is 15.7. The van der Waals surface area contributed by atoms with E-state index in [2.05, 4.69) is 0 Å². The van der Waals surface area contributed by atoms with Crippen molar-refractivity contribution in [2.45, 2.75) is 0 Å². The van der Waals surface area contributed by atoms with Crippen LogP contribution in [0.2, 0.25) is 0 Å². The summed E-state index contributed by atoms with van der Waals surface area (Å²) in [5, 5.41) is 0. The summed E-state index contributed by atoms with van der Waals surface area (Å²) in [5.74, 6) is 0. The van der Waals surface area contributed by atoms with Crippen LogP contribution in [0.4, 0.5) is 0 Å². The molecule has 0 aliphatic heterocycles. The third-order valence-electron chi connectivity index (χ3n) is 0.716. The molecule has 0 aliphatic carbocycles. The maximum atomic E-state index is 5.41. The van der Waals surface area contributed by atoms with Gasteiger partial charge < -0.3 is 12.3 Å². The molecule has 0 fully saturated rings. The van der Waals surface area contributed by atoms with Crippen molar-refractivity contribution in [1.29, 1.82) is 0 Å². The van der Waals surface area contributed by atoms with Crippen LogP contribution in [-0.2, 0) is 12.3 Å². The Kier molecular flexibility index (Phi) is 10.4. The number of rotatable bonds is 6. The summed E-state index contributed by atoms with van der Waals surface area (Å²) in [6.07, 6.45) is 0. The summed E-state index contributed by atoms with van der Waals surface area (Å²) in [4.78, 5) is 0. The van der Waals surface area contributed by atoms with Crippen LogP contribution in [0.5, 0.6) is 0 Å². The van der Waals surface area contributed by atoms with E-state index in [4.69, 9.17) is 12.3 Å². The summed E-state index contributed by atoms with van der Waals surface area (Å²) in [6.45, 7) is 0. The average Bonchev–Trinajstić information content (AvgIpc) is 1.89. The van der Waals surface area contributed by atoms with E-state index in [9.17, 15) is 0 Å². The molecule has 0 aromatic rings. The maximum Gasteiger partial charge on any atom is 0.284 e. The molecule has 0 amide bonds. The quantitative estimate of drug-likeness (QED) is 0.336. The zero-order chi connectivity index (χ0) is 6.95. The normalized spacial score (nSPS) is 16.0. The van der Waals surface area contributed by atoms with Gasteiger partial charge in [-0.2, -0.15) is 0 Å². The maximum absolute atomic E-state index is 5.41. The van der Waals surface area contributed by atoms with Crippen molar-refractivity contribution in [2.24, 2.45) is 0 Å². The second kappa shape index (κ2) is 9.18. The molecule has 0 aromatic heterocycles. The number of hydrogen-bond acceptors (Lipinski definition) is 3. The Labute approximate surface area is 70.7 Å². The molecular formula is H14O3Si6. The van der Waals surface area contributed by atoms with Gasteiger partial charge in [-0.3, -0.25) is 0 Å². The summed E-state index contributed by atoms with van der Waals surface area (Å²) in [7, 11) is 1.57. The third-order valence-corrected chi connectivity index (χ3v) is 12.7. The lowest BCUT2D eigenvalue weighted by atomic mass is 15.7. The van der Waals surface area contributed by atoms with Crippen LogP contribution in [0.1, 0.15) is 0 Å². The molecular weight excluding hydrogens is 217 g/mol. The molecule has 9 heteroatoms. The molecule has 3 nitrogen and oxygen atoms in total. The Hall–Kier alpha value is 1.18. The van der Waals surface area contributed by atoms with Crippen LogP contribution in [0.3, 0.4) is 0 Å². The van der Waals surface area contributed by atoms with Gasteiger partial charge in [-0.05, 0) is 9.76 Å². The Morgan fingerprint density at radius 3 is 2.44 bits per heavy atom. The topological polar surface area (TPSA) is 27.7 Å². The Balaban J connectivity index is 2.60. The van der Waals surface area contributed by atoms with Crippen LogP contribution < -0.4 is 0 Å². The highest BCUT2D eigenvalue weighted by atomic mass is 29.5. The molecule has 0 aliphatic rings. The molecule has 0 rings (SSSR count). The minimum Gasteiger partial charge on any atom is -0.450 e. The van der Waals surface area contributed by atoms with Gasteiger partial charge in [0.05, 0.1) is 0 Å². The van der Waals surface area contributed by atoms with Gasteiger partial charge >= 0.3 is 0 Å². The predicted molar refractivity (Wildman–Crippen MR) is 57.3 cm³/mol. The molecule has 9 heavy (non-hydrogen) atoms. The van der Waals surface area contributed by atoms with E-state index in [0.29, 0.717) is 8.55 Å². The minimum absolute atomic E-state index is 0.00909. The Morgan fingerprint density at radius 1 is 1.11 bits per heavy atom. The van der Waals surface area contributed by atoms with Gasteiger partial charge in [0.15, 0.2) is 0 Å². The summed E-state index contributed by atoms with van der Waals surface area (Å²) < 4.78 is 15.6. The number of hydrogen-bond donors (Lipinski definition) is 0. The molecule has 0 atom stereocenters. The van der Waals surface area contributed by atoms with Gasteiger partial charge in [0, 0.05) is 8.55 Å². The largest absolute Gasteiger partial charge is 0.450 e. The van der Waals surface area contributed by atoms with Crippen LogP contribution in [0, 0.1) is 0 Å². The monoisotopic (exact) mass is 230 g/mol. The molecule has 0 heterocycles. The molecule has 0 unspecified atom stereocenters. The summed E-state index contributed by atoms with van der Waals surface area (Å²) in [5.41, 5.74) is 0. The smallest absolute Gasteiger partial charge is 0.284 e. The average molecular weight is 231 g/mol. The Bertz CT molecular complexity index is 41.6. The first-order valence-corrected chi connectivity index (χ1v) is 16.4. The van der Waals surface area contributed by atoms with Crippen LogP contribution in [0.15, 0.2) is 0 Å². The van der Waals surface area contributed by atoms with E-state index in [1.165, 1.54) is 9.76 Å². The van der Waals surface area contributed by atoms with Gasteiger partial charge in [-0.1, -0.05) is 0 Å². The van der Waals surface area contributed by atoms with Gasteiger partial charge in [0.2, 0.25) is 0 Å². The first-order valence-electron chi connectivity index (χ1n) is 3.06. The van der Waals surface area contributed by atoms with Crippen molar-refractivity contribution < 1.29 is 12.3 Å². The van der Waals surface area contributed by atoms with Crippen molar-refractivity contribution in [3.05, 3.63) is 0 Å². The van der Waals surface area contributed by atoms with Gasteiger partial charge in [0.1, 0.15) is 19.8 Å². The highest BCUT2D eigenvalue weighted by molar-refractivity contribution is 7.22. The van der Waals surface area contributed by atoms with E-state index in [1.807, 2.05) is 0 Å². The Morgan fingerprint density at radius 2 is 1.89 bits per heavy atom. The van der Waals surface area contributed by atoms with Crippen LogP contribution >= 0.6 is 0 Å². The SMILES string of the molecule is [SiH3]O[SiH2]O[SiH2]O[SiH2][SiH2][SiH3]. The molecule has 0 saturated heterocycles. The van der Waals surface area contributed by atoms with Crippen molar-refractivity contribution in [2.75, 3.05) is 0 Å². The fraction of sp³-hybridized carbons (Fsp3) is 0. The highest BCUT2D eigenvalue weighted by Gasteiger charge is 1.86. The molecule has 0 N–H and O–H groups in total. The van der Waals surface area contributed by atoms with E-state index < -0.39 is 20.0 Å². The van der Waals surface area contributed by atoms with Crippen molar-refractivity contribution in [3.8, 4) is 0 Å². The van der Waals surface area contributed by atoms with E-state index in [-0.39, 0.29) is 9.28 Å². The fourth-order valence-electron chi connectivity index (χ4n) is 0.380. The van der Waals surface area contributed by atoms with Gasteiger partial charge in [0.25, 0.3) is 20.0 Å². The molecule has 0 radical (unpaired) electrons. The van der Waals surface area contributed by atoms with Crippen LogP contribution in [0.25, 0.3) is 0 Å².